The zero-order valence-corrected chi connectivity index (χ0v) is 11.7. The number of aryl methyl sites for hydroxylation is 1. The van der Waals surface area contributed by atoms with E-state index >= 15 is 0 Å². The minimum atomic E-state index is 0.655. The van der Waals surface area contributed by atoms with Gasteiger partial charge in [0.1, 0.15) is 5.75 Å². The van der Waals surface area contributed by atoms with Crippen LogP contribution in [0.3, 0.4) is 0 Å². The van der Waals surface area contributed by atoms with Crippen LogP contribution < -0.4 is 10.1 Å². The molecule has 1 aromatic rings. The van der Waals surface area contributed by atoms with Gasteiger partial charge in [0.25, 0.3) is 0 Å². The summed E-state index contributed by atoms with van der Waals surface area (Å²) >= 11 is 0. The lowest BCUT2D eigenvalue weighted by atomic mass is 9.87. The van der Waals surface area contributed by atoms with Gasteiger partial charge in [-0.2, -0.15) is 0 Å². The summed E-state index contributed by atoms with van der Waals surface area (Å²) in [5.41, 5.74) is 2.09. The number of nitrogens with one attached hydrogen (secondary N) is 1. The van der Waals surface area contributed by atoms with Crippen molar-refractivity contribution in [1.29, 1.82) is 0 Å². The van der Waals surface area contributed by atoms with Crippen molar-refractivity contribution in [2.45, 2.75) is 52.1 Å². The number of pyridine rings is 1. The molecule has 3 heteroatoms. The molecule has 2 unspecified atom stereocenters. The number of rotatable bonds is 4. The Labute approximate surface area is 110 Å². The lowest BCUT2D eigenvalue weighted by Gasteiger charge is -2.27. The van der Waals surface area contributed by atoms with E-state index in [-0.39, 0.29) is 0 Å². The molecule has 1 aromatic heterocycles. The van der Waals surface area contributed by atoms with Gasteiger partial charge < -0.3 is 10.1 Å². The topological polar surface area (TPSA) is 34.1 Å². The van der Waals surface area contributed by atoms with Crippen LogP contribution in [-0.4, -0.2) is 18.1 Å². The van der Waals surface area contributed by atoms with Crippen molar-refractivity contribution in [3.05, 3.63) is 23.5 Å². The van der Waals surface area contributed by atoms with Crippen LogP contribution in [-0.2, 0) is 6.54 Å². The highest BCUT2D eigenvalue weighted by atomic mass is 16.5. The summed E-state index contributed by atoms with van der Waals surface area (Å²) < 4.78 is 5.28. The SMILES string of the molecule is COc1cc(C)nc(CNC2CCCC(C)C2)c1. The fourth-order valence-corrected chi connectivity index (χ4v) is 2.78. The van der Waals surface area contributed by atoms with Crippen LogP contribution in [0.5, 0.6) is 5.75 Å². The molecule has 1 aliphatic rings. The second kappa shape index (κ2) is 6.19. The molecule has 0 radical (unpaired) electrons. The summed E-state index contributed by atoms with van der Waals surface area (Å²) in [4.78, 5) is 4.54. The molecule has 2 atom stereocenters. The molecule has 18 heavy (non-hydrogen) atoms. The van der Waals surface area contributed by atoms with E-state index < -0.39 is 0 Å². The molecule has 0 spiro atoms. The van der Waals surface area contributed by atoms with Crippen molar-refractivity contribution in [2.24, 2.45) is 5.92 Å². The number of nitrogens with zero attached hydrogens (tertiary/aromatic N) is 1. The van der Waals surface area contributed by atoms with Gasteiger partial charge in [0, 0.05) is 30.4 Å². The van der Waals surface area contributed by atoms with Crippen LogP contribution in [0, 0.1) is 12.8 Å². The predicted octanol–water partition coefficient (Wildman–Crippen LogP) is 3.07. The van der Waals surface area contributed by atoms with Crippen molar-refractivity contribution >= 4 is 0 Å². The number of ether oxygens (including phenoxy) is 1. The monoisotopic (exact) mass is 248 g/mol. The smallest absolute Gasteiger partial charge is 0.122 e. The van der Waals surface area contributed by atoms with E-state index in [1.807, 2.05) is 19.1 Å². The predicted molar refractivity (Wildman–Crippen MR) is 73.8 cm³/mol. The fraction of sp³-hybridized carbons (Fsp3) is 0.667. The highest BCUT2D eigenvalue weighted by Gasteiger charge is 2.18. The quantitative estimate of drug-likeness (QED) is 0.889. The Morgan fingerprint density at radius 2 is 2.22 bits per heavy atom. The van der Waals surface area contributed by atoms with Crippen LogP contribution in [0.2, 0.25) is 0 Å². The first-order valence-electron chi connectivity index (χ1n) is 6.92. The molecule has 1 fully saturated rings. The zero-order valence-electron chi connectivity index (χ0n) is 11.7. The zero-order chi connectivity index (χ0) is 13.0. The van der Waals surface area contributed by atoms with E-state index in [9.17, 15) is 0 Å². The second-order valence-electron chi connectivity index (χ2n) is 5.49. The van der Waals surface area contributed by atoms with Crippen LogP contribution >= 0.6 is 0 Å². The summed E-state index contributed by atoms with van der Waals surface area (Å²) in [5, 5.41) is 3.63. The van der Waals surface area contributed by atoms with Crippen molar-refractivity contribution < 1.29 is 4.74 Å². The Bertz CT molecular complexity index is 392. The first kappa shape index (κ1) is 13.3. The van der Waals surface area contributed by atoms with Crippen molar-refractivity contribution in [1.82, 2.24) is 10.3 Å². The molecule has 100 valence electrons. The highest BCUT2D eigenvalue weighted by molar-refractivity contribution is 5.26. The average Bonchev–Trinajstić information content (AvgIpc) is 2.36. The summed E-state index contributed by atoms with van der Waals surface area (Å²) in [6.07, 6.45) is 5.33. The third kappa shape index (κ3) is 3.70. The van der Waals surface area contributed by atoms with Gasteiger partial charge >= 0.3 is 0 Å². The van der Waals surface area contributed by atoms with E-state index in [1.165, 1.54) is 25.7 Å². The minimum absolute atomic E-state index is 0.655. The van der Waals surface area contributed by atoms with Gasteiger partial charge in [-0.1, -0.05) is 19.8 Å². The van der Waals surface area contributed by atoms with Gasteiger partial charge in [-0.25, -0.2) is 0 Å². The summed E-state index contributed by atoms with van der Waals surface area (Å²) in [7, 11) is 1.70. The molecule has 0 amide bonds. The molecule has 3 nitrogen and oxygen atoms in total. The molecule has 1 heterocycles. The van der Waals surface area contributed by atoms with Crippen molar-refractivity contribution in [3.8, 4) is 5.75 Å². The van der Waals surface area contributed by atoms with Crippen molar-refractivity contribution in [3.63, 3.8) is 0 Å². The van der Waals surface area contributed by atoms with E-state index in [4.69, 9.17) is 4.74 Å². The second-order valence-corrected chi connectivity index (χ2v) is 5.49. The first-order valence-corrected chi connectivity index (χ1v) is 6.92. The molecular weight excluding hydrogens is 224 g/mol. The average molecular weight is 248 g/mol. The number of aromatic nitrogens is 1. The Hall–Kier alpha value is -1.09. The Morgan fingerprint density at radius 3 is 2.94 bits per heavy atom. The largest absolute Gasteiger partial charge is 0.497 e. The fourth-order valence-electron chi connectivity index (χ4n) is 2.78. The summed E-state index contributed by atoms with van der Waals surface area (Å²) in [6, 6.07) is 4.64. The molecule has 1 saturated carbocycles. The molecular formula is C15H24N2O. The van der Waals surface area contributed by atoms with Crippen LogP contribution in [0.4, 0.5) is 0 Å². The highest BCUT2D eigenvalue weighted by Crippen LogP contribution is 2.23. The van der Waals surface area contributed by atoms with E-state index in [0.29, 0.717) is 6.04 Å². The third-order valence-electron chi connectivity index (χ3n) is 3.72. The Kier molecular flexibility index (Phi) is 4.59. The van der Waals surface area contributed by atoms with Gasteiger partial charge in [-0.3, -0.25) is 4.98 Å². The molecule has 0 aliphatic heterocycles. The van der Waals surface area contributed by atoms with Crippen LogP contribution in [0.25, 0.3) is 0 Å². The molecule has 0 bridgehead atoms. The van der Waals surface area contributed by atoms with Gasteiger partial charge in [-0.15, -0.1) is 0 Å². The number of hydrogen-bond donors (Lipinski definition) is 1. The standard InChI is InChI=1S/C15H24N2O/c1-11-5-4-6-13(7-11)16-10-14-9-15(18-3)8-12(2)17-14/h8-9,11,13,16H,4-7,10H2,1-3H3. The first-order chi connectivity index (χ1) is 8.67. The molecule has 1 N–H and O–H groups in total. The van der Waals surface area contributed by atoms with Gasteiger partial charge in [0.2, 0.25) is 0 Å². The lowest BCUT2D eigenvalue weighted by molar-refractivity contribution is 0.299. The number of hydrogen-bond acceptors (Lipinski definition) is 3. The van der Waals surface area contributed by atoms with Gasteiger partial charge in [0.15, 0.2) is 0 Å². The lowest BCUT2D eigenvalue weighted by Crippen LogP contribution is -2.33. The summed E-state index contributed by atoms with van der Waals surface area (Å²) in [5.74, 6) is 1.76. The molecule has 0 aromatic carbocycles. The van der Waals surface area contributed by atoms with Crippen LogP contribution in [0.1, 0.15) is 44.0 Å². The Balaban J connectivity index is 1.91. The molecule has 1 aliphatic carbocycles. The number of methoxy groups -OCH3 is 1. The maximum Gasteiger partial charge on any atom is 0.122 e. The maximum atomic E-state index is 5.28. The van der Waals surface area contributed by atoms with Crippen LogP contribution in [0.15, 0.2) is 12.1 Å². The van der Waals surface area contributed by atoms with Gasteiger partial charge in [0.05, 0.1) is 12.8 Å². The molecule has 0 saturated heterocycles. The Morgan fingerprint density at radius 1 is 1.39 bits per heavy atom. The third-order valence-corrected chi connectivity index (χ3v) is 3.72. The van der Waals surface area contributed by atoms with Gasteiger partial charge in [-0.05, 0) is 25.7 Å². The summed E-state index contributed by atoms with van der Waals surface area (Å²) in [6.45, 7) is 5.20. The minimum Gasteiger partial charge on any atom is -0.497 e. The van der Waals surface area contributed by atoms with E-state index in [1.54, 1.807) is 7.11 Å². The molecule has 2 rings (SSSR count). The van der Waals surface area contributed by atoms with E-state index in [2.05, 4.69) is 17.2 Å². The van der Waals surface area contributed by atoms with Crippen molar-refractivity contribution in [2.75, 3.05) is 7.11 Å². The normalized spacial score (nSPS) is 23.9. The maximum absolute atomic E-state index is 5.28. The van der Waals surface area contributed by atoms with E-state index in [0.717, 1.165) is 29.6 Å².